The first kappa shape index (κ1) is 25.9. The van der Waals surface area contributed by atoms with Crippen LogP contribution in [0.4, 0.5) is 5.69 Å². The van der Waals surface area contributed by atoms with Gasteiger partial charge in [-0.3, -0.25) is 9.59 Å². The van der Waals surface area contributed by atoms with Crippen LogP contribution in [0.25, 0.3) is 0 Å². The Kier molecular flexibility index (Phi) is 14.4. The first-order chi connectivity index (χ1) is 11.0. The lowest BCUT2D eigenvalue weighted by Crippen LogP contribution is -2.35. The minimum atomic E-state index is -0.516. The number of nitrogens with two attached hydrogens (primary N) is 1. The van der Waals surface area contributed by atoms with Gasteiger partial charge >= 0.3 is 0 Å². The molecule has 2 amide bonds. The lowest BCUT2D eigenvalue weighted by Gasteiger charge is -2.18. The van der Waals surface area contributed by atoms with Gasteiger partial charge in [-0.15, -0.1) is 24.8 Å². The number of carbonyl (C=O) groups excluding carboxylic acids is 2. The number of benzene rings is 1. The van der Waals surface area contributed by atoms with Gasteiger partial charge in [-0.05, 0) is 43.8 Å². The molecular formula is C17H30Cl2N4O2. The smallest absolute Gasteiger partial charge is 0.251 e. The molecule has 0 aliphatic heterocycles. The fourth-order valence-corrected chi connectivity index (χ4v) is 2.09. The van der Waals surface area contributed by atoms with Crippen molar-refractivity contribution in [3.63, 3.8) is 0 Å². The van der Waals surface area contributed by atoms with E-state index in [0.717, 1.165) is 19.6 Å². The normalized spacial score (nSPS) is 11.1. The van der Waals surface area contributed by atoms with Crippen molar-refractivity contribution >= 4 is 42.3 Å². The molecule has 0 aliphatic rings. The van der Waals surface area contributed by atoms with Crippen LogP contribution in [0.15, 0.2) is 24.3 Å². The van der Waals surface area contributed by atoms with Gasteiger partial charge in [0.1, 0.15) is 0 Å². The minimum Gasteiger partial charge on any atom is -0.351 e. The number of anilines is 1. The summed E-state index contributed by atoms with van der Waals surface area (Å²) < 4.78 is 0. The molecule has 0 radical (unpaired) electrons. The Hall–Kier alpha value is -1.34. The molecule has 25 heavy (non-hydrogen) atoms. The van der Waals surface area contributed by atoms with Crippen molar-refractivity contribution in [3.05, 3.63) is 29.8 Å². The van der Waals surface area contributed by atoms with Crippen LogP contribution in [0, 0.1) is 0 Å². The summed E-state index contributed by atoms with van der Waals surface area (Å²) in [6.45, 7) is 9.45. The van der Waals surface area contributed by atoms with Crippen LogP contribution < -0.4 is 16.4 Å². The van der Waals surface area contributed by atoms with E-state index < -0.39 is 6.04 Å². The molecule has 0 saturated heterocycles. The van der Waals surface area contributed by atoms with Crippen LogP contribution in [0.1, 0.15) is 37.6 Å². The van der Waals surface area contributed by atoms with E-state index in [1.807, 2.05) is 6.92 Å². The van der Waals surface area contributed by atoms with E-state index in [4.69, 9.17) is 5.73 Å². The summed E-state index contributed by atoms with van der Waals surface area (Å²) in [7, 11) is 0. The molecule has 0 saturated carbocycles. The second-order valence-electron chi connectivity index (χ2n) is 5.36. The zero-order valence-corrected chi connectivity index (χ0v) is 16.7. The zero-order chi connectivity index (χ0) is 17.2. The monoisotopic (exact) mass is 392 g/mol. The Morgan fingerprint density at radius 1 is 1.08 bits per heavy atom. The molecule has 144 valence electrons. The van der Waals surface area contributed by atoms with Crippen LogP contribution in [-0.4, -0.2) is 48.9 Å². The van der Waals surface area contributed by atoms with Crippen molar-refractivity contribution in [2.75, 3.05) is 31.5 Å². The number of likely N-dealkylation sites (N-methyl/N-ethyl adjacent to an activating group) is 1. The third-order valence-electron chi connectivity index (χ3n) is 3.80. The van der Waals surface area contributed by atoms with E-state index in [9.17, 15) is 9.59 Å². The molecule has 8 heteroatoms. The molecule has 1 aromatic carbocycles. The standard InChI is InChI=1S/C17H28N4O2.2ClH/c1-4-15(18)17(23)20-14-9-7-13(8-10-14)16(22)19-11-12-21(5-2)6-3;;/h7-10,15H,4-6,11-12,18H2,1-3H3,(H,19,22)(H,20,23);2*1H/t15-;;/m0../s1. The largest absolute Gasteiger partial charge is 0.351 e. The highest BCUT2D eigenvalue weighted by Crippen LogP contribution is 2.10. The predicted octanol–water partition coefficient (Wildman–Crippen LogP) is 2.28. The molecule has 1 rings (SSSR count). The summed E-state index contributed by atoms with van der Waals surface area (Å²) in [5, 5.41) is 5.63. The summed E-state index contributed by atoms with van der Waals surface area (Å²) in [5.74, 6) is -0.329. The number of rotatable bonds is 9. The Bertz CT molecular complexity index is 508. The number of hydrogen-bond donors (Lipinski definition) is 3. The maximum atomic E-state index is 12.1. The SMILES string of the molecule is CC[C@H](N)C(=O)Nc1ccc(C(=O)NCCN(CC)CC)cc1.Cl.Cl. The fourth-order valence-electron chi connectivity index (χ4n) is 2.09. The van der Waals surface area contributed by atoms with E-state index in [0.29, 0.717) is 24.2 Å². The number of hydrogen-bond acceptors (Lipinski definition) is 4. The third kappa shape index (κ3) is 9.07. The molecule has 1 atom stereocenters. The first-order valence-corrected chi connectivity index (χ1v) is 8.18. The quantitative estimate of drug-likeness (QED) is 0.601. The summed E-state index contributed by atoms with van der Waals surface area (Å²) >= 11 is 0. The minimum absolute atomic E-state index is 0. The molecule has 0 bridgehead atoms. The molecule has 4 N–H and O–H groups in total. The lowest BCUT2D eigenvalue weighted by molar-refractivity contribution is -0.117. The highest BCUT2D eigenvalue weighted by Gasteiger charge is 2.11. The maximum Gasteiger partial charge on any atom is 0.251 e. The van der Waals surface area contributed by atoms with Crippen LogP contribution in [0.5, 0.6) is 0 Å². The Balaban J connectivity index is 0. The van der Waals surface area contributed by atoms with E-state index in [1.165, 1.54) is 0 Å². The van der Waals surface area contributed by atoms with Crippen LogP contribution in [0.2, 0.25) is 0 Å². The summed E-state index contributed by atoms with van der Waals surface area (Å²) in [6, 6.07) is 6.29. The molecule has 0 aromatic heterocycles. The first-order valence-electron chi connectivity index (χ1n) is 8.18. The van der Waals surface area contributed by atoms with Gasteiger partial charge in [0.15, 0.2) is 0 Å². The molecule has 0 unspecified atom stereocenters. The van der Waals surface area contributed by atoms with Gasteiger partial charge in [-0.2, -0.15) is 0 Å². The zero-order valence-electron chi connectivity index (χ0n) is 15.1. The van der Waals surface area contributed by atoms with Crippen LogP contribution in [0.3, 0.4) is 0 Å². The summed E-state index contributed by atoms with van der Waals surface area (Å²) in [4.78, 5) is 26.0. The lowest BCUT2D eigenvalue weighted by atomic mass is 10.1. The molecule has 1 aromatic rings. The second kappa shape index (κ2) is 13.9. The molecule has 0 spiro atoms. The second-order valence-corrected chi connectivity index (χ2v) is 5.36. The van der Waals surface area contributed by atoms with Gasteiger partial charge < -0.3 is 21.3 Å². The number of nitrogens with zero attached hydrogens (tertiary/aromatic N) is 1. The van der Waals surface area contributed by atoms with E-state index >= 15 is 0 Å². The van der Waals surface area contributed by atoms with Gasteiger partial charge in [0.25, 0.3) is 5.91 Å². The maximum absolute atomic E-state index is 12.1. The van der Waals surface area contributed by atoms with Gasteiger partial charge in [0, 0.05) is 24.3 Å². The van der Waals surface area contributed by atoms with E-state index in [2.05, 4.69) is 29.4 Å². The van der Waals surface area contributed by atoms with Crippen LogP contribution >= 0.6 is 24.8 Å². The van der Waals surface area contributed by atoms with Crippen LogP contribution in [-0.2, 0) is 4.79 Å². The predicted molar refractivity (Wildman–Crippen MR) is 108 cm³/mol. The van der Waals surface area contributed by atoms with Gasteiger partial charge in [0.05, 0.1) is 6.04 Å². The Morgan fingerprint density at radius 2 is 1.64 bits per heavy atom. The fraction of sp³-hybridized carbons (Fsp3) is 0.529. The highest BCUT2D eigenvalue weighted by molar-refractivity contribution is 5.97. The van der Waals surface area contributed by atoms with Gasteiger partial charge in [0.2, 0.25) is 5.91 Å². The molecule has 0 fully saturated rings. The summed E-state index contributed by atoms with van der Waals surface area (Å²) in [6.07, 6.45) is 0.582. The van der Waals surface area contributed by atoms with Crippen molar-refractivity contribution in [1.29, 1.82) is 0 Å². The van der Waals surface area contributed by atoms with Gasteiger partial charge in [-0.25, -0.2) is 0 Å². The highest BCUT2D eigenvalue weighted by atomic mass is 35.5. The van der Waals surface area contributed by atoms with Crippen molar-refractivity contribution in [3.8, 4) is 0 Å². The number of halogens is 2. The number of carbonyl (C=O) groups is 2. The Morgan fingerprint density at radius 3 is 2.12 bits per heavy atom. The van der Waals surface area contributed by atoms with E-state index in [1.54, 1.807) is 24.3 Å². The number of amides is 2. The van der Waals surface area contributed by atoms with Crippen molar-refractivity contribution in [2.45, 2.75) is 33.2 Å². The average molecular weight is 393 g/mol. The number of nitrogens with one attached hydrogen (secondary N) is 2. The van der Waals surface area contributed by atoms with Crippen molar-refractivity contribution < 1.29 is 9.59 Å². The Labute approximate surface area is 162 Å². The molecule has 6 nitrogen and oxygen atoms in total. The molecule has 0 aliphatic carbocycles. The molecule has 0 heterocycles. The van der Waals surface area contributed by atoms with Crippen molar-refractivity contribution in [2.24, 2.45) is 5.73 Å². The topological polar surface area (TPSA) is 87.5 Å². The third-order valence-corrected chi connectivity index (χ3v) is 3.80. The van der Waals surface area contributed by atoms with E-state index in [-0.39, 0.29) is 36.6 Å². The van der Waals surface area contributed by atoms with Crippen molar-refractivity contribution in [1.82, 2.24) is 10.2 Å². The summed E-state index contributed by atoms with van der Waals surface area (Å²) in [5.41, 5.74) is 6.87. The van der Waals surface area contributed by atoms with Gasteiger partial charge in [-0.1, -0.05) is 20.8 Å². The molecular weight excluding hydrogens is 363 g/mol. The average Bonchev–Trinajstić information content (AvgIpc) is 2.58.